The summed E-state index contributed by atoms with van der Waals surface area (Å²) in [5.74, 6) is -8.17. The molecular formula is C15H16F5N. The van der Waals surface area contributed by atoms with E-state index in [1.165, 1.54) is 6.42 Å². The predicted molar refractivity (Wildman–Crippen MR) is 68.3 cm³/mol. The Morgan fingerprint density at radius 1 is 0.857 bits per heavy atom. The summed E-state index contributed by atoms with van der Waals surface area (Å²) in [6, 6.07) is -0.325. The fraction of sp³-hybridized carbons (Fsp3) is 0.600. The molecule has 0 saturated heterocycles. The fourth-order valence-electron chi connectivity index (χ4n) is 3.97. The molecule has 3 rings (SSSR count). The van der Waals surface area contributed by atoms with Gasteiger partial charge in [-0.3, -0.25) is 0 Å². The molecule has 0 radical (unpaired) electrons. The molecule has 2 bridgehead atoms. The number of hydrogen-bond acceptors (Lipinski definition) is 1. The van der Waals surface area contributed by atoms with Gasteiger partial charge in [-0.15, -0.1) is 0 Å². The maximum Gasteiger partial charge on any atom is 0.200 e. The highest BCUT2D eigenvalue weighted by Crippen LogP contribution is 2.50. The largest absolute Gasteiger partial charge is 0.377 e. The van der Waals surface area contributed by atoms with E-state index in [0.717, 1.165) is 19.3 Å². The molecule has 0 amide bonds. The molecule has 0 spiro atoms. The Kier molecular flexibility index (Phi) is 3.58. The minimum atomic E-state index is -2.12. The topological polar surface area (TPSA) is 12.0 Å². The number of fused-ring (bicyclic) bond motifs is 2. The Labute approximate surface area is 119 Å². The van der Waals surface area contributed by atoms with E-state index in [9.17, 15) is 22.0 Å². The van der Waals surface area contributed by atoms with Crippen LogP contribution in [0.15, 0.2) is 0 Å². The molecule has 1 nitrogen and oxygen atoms in total. The van der Waals surface area contributed by atoms with Gasteiger partial charge in [-0.05, 0) is 43.9 Å². The third kappa shape index (κ3) is 2.28. The Bertz CT molecular complexity index is 545. The molecule has 4 unspecified atom stereocenters. The maximum atomic E-state index is 13.7. The highest BCUT2D eigenvalue weighted by molar-refractivity contribution is 5.48. The first-order valence-corrected chi connectivity index (χ1v) is 7.18. The Morgan fingerprint density at radius 2 is 1.43 bits per heavy atom. The zero-order valence-electron chi connectivity index (χ0n) is 11.5. The molecule has 1 aromatic rings. The maximum absolute atomic E-state index is 13.7. The van der Waals surface area contributed by atoms with E-state index in [0.29, 0.717) is 11.8 Å². The van der Waals surface area contributed by atoms with Crippen LogP contribution in [-0.2, 0) is 0 Å². The molecule has 0 heterocycles. The molecule has 2 fully saturated rings. The van der Waals surface area contributed by atoms with Crippen LogP contribution in [0.5, 0.6) is 0 Å². The standard InChI is InChI=1S/C15H16F5N/c1-6(9-5-7-2-3-8(9)4-7)21-15-13(19)11(17)10(16)12(18)14(15)20/h6-9,21H,2-5H2,1H3. The van der Waals surface area contributed by atoms with Gasteiger partial charge >= 0.3 is 0 Å². The minimum absolute atomic E-state index is 0.221. The van der Waals surface area contributed by atoms with Crippen molar-refractivity contribution in [1.82, 2.24) is 0 Å². The molecule has 116 valence electrons. The van der Waals surface area contributed by atoms with E-state index < -0.39 is 34.8 Å². The number of nitrogens with one attached hydrogen (secondary N) is 1. The summed E-state index contributed by atoms with van der Waals surface area (Å²) < 4.78 is 66.7. The highest BCUT2D eigenvalue weighted by Gasteiger charge is 2.42. The average molecular weight is 305 g/mol. The molecule has 2 aliphatic carbocycles. The summed E-state index contributed by atoms with van der Waals surface area (Å²) in [7, 11) is 0. The molecule has 1 N–H and O–H groups in total. The summed E-state index contributed by atoms with van der Waals surface area (Å²) in [6.07, 6.45) is 4.32. The predicted octanol–water partition coefficient (Wildman–Crippen LogP) is 4.62. The molecule has 1 aromatic carbocycles. The number of hydrogen-bond donors (Lipinski definition) is 1. The lowest BCUT2D eigenvalue weighted by atomic mass is 9.84. The van der Waals surface area contributed by atoms with Crippen LogP contribution >= 0.6 is 0 Å². The van der Waals surface area contributed by atoms with Crippen LogP contribution in [0.2, 0.25) is 0 Å². The summed E-state index contributed by atoms with van der Waals surface area (Å²) in [4.78, 5) is 0. The van der Waals surface area contributed by atoms with Crippen molar-refractivity contribution >= 4 is 5.69 Å². The average Bonchev–Trinajstić information content (AvgIpc) is 3.10. The SMILES string of the molecule is CC(Nc1c(F)c(F)c(F)c(F)c1F)C1CC2CCC1C2. The van der Waals surface area contributed by atoms with Gasteiger partial charge in [0, 0.05) is 6.04 Å². The lowest BCUT2D eigenvalue weighted by Crippen LogP contribution is -2.31. The third-order valence-electron chi connectivity index (χ3n) is 5.02. The number of halogens is 5. The number of anilines is 1. The number of rotatable bonds is 3. The van der Waals surface area contributed by atoms with Crippen molar-refractivity contribution in [1.29, 1.82) is 0 Å². The molecule has 2 saturated carbocycles. The van der Waals surface area contributed by atoms with Crippen molar-refractivity contribution in [2.24, 2.45) is 17.8 Å². The molecule has 21 heavy (non-hydrogen) atoms. The van der Waals surface area contributed by atoms with Crippen molar-refractivity contribution in [3.63, 3.8) is 0 Å². The van der Waals surface area contributed by atoms with Crippen molar-refractivity contribution in [2.75, 3.05) is 5.32 Å². The Balaban J connectivity index is 1.85. The summed E-state index contributed by atoms with van der Waals surface area (Å²) in [5, 5.41) is 2.52. The van der Waals surface area contributed by atoms with E-state index in [1.54, 1.807) is 6.92 Å². The van der Waals surface area contributed by atoms with E-state index in [4.69, 9.17) is 0 Å². The zero-order valence-corrected chi connectivity index (χ0v) is 11.5. The fourth-order valence-corrected chi connectivity index (χ4v) is 3.97. The van der Waals surface area contributed by atoms with E-state index in [2.05, 4.69) is 5.32 Å². The van der Waals surface area contributed by atoms with Crippen LogP contribution in [0.4, 0.5) is 27.6 Å². The van der Waals surface area contributed by atoms with Crippen LogP contribution in [0.1, 0.15) is 32.6 Å². The van der Waals surface area contributed by atoms with Crippen molar-refractivity contribution in [2.45, 2.75) is 38.6 Å². The van der Waals surface area contributed by atoms with Crippen molar-refractivity contribution < 1.29 is 22.0 Å². The van der Waals surface area contributed by atoms with E-state index >= 15 is 0 Å². The van der Waals surface area contributed by atoms with E-state index in [1.807, 2.05) is 0 Å². The third-order valence-corrected chi connectivity index (χ3v) is 5.02. The second-order valence-electron chi connectivity index (χ2n) is 6.22. The van der Waals surface area contributed by atoms with Gasteiger partial charge in [0.15, 0.2) is 23.3 Å². The Hall–Kier alpha value is -1.33. The molecule has 0 aliphatic heterocycles. The summed E-state index contributed by atoms with van der Waals surface area (Å²) in [5.41, 5.74) is -0.915. The number of benzene rings is 1. The Morgan fingerprint density at radius 3 is 1.90 bits per heavy atom. The van der Waals surface area contributed by atoms with Gasteiger partial charge in [-0.2, -0.15) is 0 Å². The van der Waals surface area contributed by atoms with Gasteiger partial charge in [0.25, 0.3) is 0 Å². The van der Waals surface area contributed by atoms with Gasteiger partial charge in [-0.1, -0.05) is 6.42 Å². The first-order chi connectivity index (χ1) is 9.90. The van der Waals surface area contributed by atoms with Gasteiger partial charge in [0.1, 0.15) is 5.69 Å². The summed E-state index contributed by atoms with van der Waals surface area (Å²) >= 11 is 0. The zero-order chi connectivity index (χ0) is 15.3. The molecule has 6 heteroatoms. The van der Waals surface area contributed by atoms with Crippen LogP contribution in [0.25, 0.3) is 0 Å². The first kappa shape index (κ1) is 14.6. The van der Waals surface area contributed by atoms with Crippen molar-refractivity contribution in [3.8, 4) is 0 Å². The molecular weight excluding hydrogens is 289 g/mol. The van der Waals surface area contributed by atoms with Gasteiger partial charge in [-0.25, -0.2) is 22.0 Å². The monoisotopic (exact) mass is 305 g/mol. The smallest absolute Gasteiger partial charge is 0.200 e. The second kappa shape index (κ2) is 5.14. The highest BCUT2D eigenvalue weighted by atomic mass is 19.2. The quantitative estimate of drug-likeness (QED) is 0.488. The van der Waals surface area contributed by atoms with Gasteiger partial charge in [0.2, 0.25) is 5.82 Å². The lowest BCUT2D eigenvalue weighted by Gasteiger charge is -2.29. The van der Waals surface area contributed by atoms with E-state index in [-0.39, 0.29) is 12.0 Å². The molecule has 0 aromatic heterocycles. The van der Waals surface area contributed by atoms with Crippen LogP contribution in [0.3, 0.4) is 0 Å². The van der Waals surface area contributed by atoms with Crippen molar-refractivity contribution in [3.05, 3.63) is 29.1 Å². The first-order valence-electron chi connectivity index (χ1n) is 7.18. The second-order valence-corrected chi connectivity index (χ2v) is 6.22. The van der Waals surface area contributed by atoms with Crippen LogP contribution < -0.4 is 5.32 Å². The van der Waals surface area contributed by atoms with Gasteiger partial charge in [0.05, 0.1) is 0 Å². The minimum Gasteiger partial charge on any atom is -0.377 e. The lowest BCUT2D eigenvalue weighted by molar-refractivity contribution is 0.302. The normalized spacial score (nSPS) is 29.0. The summed E-state index contributed by atoms with van der Waals surface area (Å²) in [6.45, 7) is 1.74. The van der Waals surface area contributed by atoms with Gasteiger partial charge < -0.3 is 5.32 Å². The molecule has 4 atom stereocenters. The van der Waals surface area contributed by atoms with Crippen LogP contribution in [-0.4, -0.2) is 6.04 Å². The van der Waals surface area contributed by atoms with Crippen LogP contribution in [0, 0.1) is 46.8 Å². The molecule has 2 aliphatic rings.